The van der Waals surface area contributed by atoms with Crippen LogP contribution in [0, 0.1) is 0 Å². The van der Waals surface area contributed by atoms with Gasteiger partial charge >= 0.3 is 0 Å². The van der Waals surface area contributed by atoms with Crippen molar-refractivity contribution in [2.45, 2.75) is 20.0 Å². The average Bonchev–Trinajstić information content (AvgIpc) is 2.76. The zero-order valence-corrected chi connectivity index (χ0v) is 18.3. The van der Waals surface area contributed by atoms with E-state index in [1.54, 1.807) is 6.21 Å². The van der Waals surface area contributed by atoms with Crippen LogP contribution in [0.5, 0.6) is 11.5 Å². The Balaban J connectivity index is 1.66. The van der Waals surface area contributed by atoms with Crippen LogP contribution in [-0.2, 0) is 17.8 Å². The van der Waals surface area contributed by atoms with Crippen molar-refractivity contribution in [1.82, 2.24) is 5.43 Å². The van der Waals surface area contributed by atoms with Crippen LogP contribution >= 0.6 is 15.9 Å². The first-order valence-corrected chi connectivity index (χ1v) is 10.4. The molecule has 0 aliphatic rings. The third-order valence-electron chi connectivity index (χ3n) is 4.20. The van der Waals surface area contributed by atoms with Crippen LogP contribution in [0.4, 0.5) is 0 Å². The van der Waals surface area contributed by atoms with Crippen LogP contribution < -0.4 is 14.9 Å². The third-order valence-corrected chi connectivity index (χ3v) is 4.89. The highest BCUT2D eigenvalue weighted by Gasteiger charge is 2.11. The van der Waals surface area contributed by atoms with E-state index in [9.17, 15) is 4.79 Å². The number of ether oxygens (including phenoxy) is 2. The molecule has 5 nitrogen and oxygen atoms in total. The number of halogens is 1. The SMILES string of the molecule is CCOc1cc(/C=N/NC(=O)Cc2ccccc2)c(Br)cc1OCc1ccccc1. The van der Waals surface area contributed by atoms with Crippen molar-refractivity contribution in [1.29, 1.82) is 0 Å². The molecule has 1 amide bonds. The molecular formula is C24H23BrN2O3. The van der Waals surface area contributed by atoms with E-state index >= 15 is 0 Å². The number of benzene rings is 3. The average molecular weight is 467 g/mol. The van der Waals surface area contributed by atoms with Gasteiger partial charge in [0.15, 0.2) is 11.5 Å². The monoisotopic (exact) mass is 466 g/mol. The topological polar surface area (TPSA) is 59.9 Å². The molecule has 30 heavy (non-hydrogen) atoms. The Labute approximate surface area is 184 Å². The lowest BCUT2D eigenvalue weighted by Crippen LogP contribution is -2.19. The number of hydrogen-bond acceptors (Lipinski definition) is 4. The molecule has 3 aromatic carbocycles. The largest absolute Gasteiger partial charge is 0.490 e. The van der Waals surface area contributed by atoms with Gasteiger partial charge in [0.1, 0.15) is 6.61 Å². The molecule has 0 spiro atoms. The van der Waals surface area contributed by atoms with Crippen molar-refractivity contribution >= 4 is 28.1 Å². The van der Waals surface area contributed by atoms with E-state index < -0.39 is 0 Å². The normalized spacial score (nSPS) is 10.7. The Morgan fingerprint density at radius 3 is 2.27 bits per heavy atom. The first-order chi connectivity index (χ1) is 14.7. The Kier molecular flexibility index (Phi) is 8.03. The summed E-state index contributed by atoms with van der Waals surface area (Å²) < 4.78 is 12.5. The van der Waals surface area contributed by atoms with E-state index in [4.69, 9.17) is 9.47 Å². The number of nitrogens with zero attached hydrogens (tertiary/aromatic N) is 1. The standard InChI is InChI=1S/C24H23BrN2O3/c1-2-29-22-14-20(16-26-27-24(28)13-18-9-5-3-6-10-18)21(25)15-23(22)30-17-19-11-7-4-8-12-19/h3-12,14-16H,2,13,17H2,1H3,(H,27,28)/b26-16+. The Bertz CT molecular complexity index is 992. The van der Waals surface area contributed by atoms with E-state index in [1.165, 1.54) is 0 Å². The Morgan fingerprint density at radius 2 is 1.60 bits per heavy atom. The molecule has 0 aromatic heterocycles. The second-order valence-corrected chi connectivity index (χ2v) is 7.34. The first-order valence-electron chi connectivity index (χ1n) is 9.64. The molecule has 0 radical (unpaired) electrons. The molecule has 3 aromatic rings. The number of nitrogens with one attached hydrogen (secondary N) is 1. The molecular weight excluding hydrogens is 444 g/mol. The number of hydrazone groups is 1. The van der Waals surface area contributed by atoms with Crippen molar-refractivity contribution < 1.29 is 14.3 Å². The number of amides is 1. The van der Waals surface area contributed by atoms with E-state index in [0.29, 0.717) is 24.7 Å². The molecule has 0 atom stereocenters. The van der Waals surface area contributed by atoms with Crippen molar-refractivity contribution in [3.8, 4) is 11.5 Å². The zero-order valence-electron chi connectivity index (χ0n) is 16.7. The number of rotatable bonds is 9. The second kappa shape index (κ2) is 11.2. The summed E-state index contributed by atoms with van der Waals surface area (Å²) in [5.41, 5.74) is 5.33. The lowest BCUT2D eigenvalue weighted by molar-refractivity contribution is -0.120. The molecule has 0 unspecified atom stereocenters. The predicted octanol–water partition coefficient (Wildman–Crippen LogP) is 5.12. The predicted molar refractivity (Wildman–Crippen MR) is 122 cm³/mol. The van der Waals surface area contributed by atoms with Gasteiger partial charge in [-0.3, -0.25) is 4.79 Å². The summed E-state index contributed by atoms with van der Waals surface area (Å²) in [6.45, 7) is 2.87. The molecule has 0 bridgehead atoms. The quantitative estimate of drug-likeness (QED) is 0.351. The van der Waals surface area contributed by atoms with Gasteiger partial charge in [0.2, 0.25) is 5.91 Å². The van der Waals surface area contributed by atoms with Gasteiger partial charge in [-0.15, -0.1) is 0 Å². The molecule has 0 aliphatic carbocycles. The summed E-state index contributed by atoms with van der Waals surface area (Å²) in [5, 5.41) is 4.07. The minimum Gasteiger partial charge on any atom is -0.490 e. The van der Waals surface area contributed by atoms with Gasteiger partial charge < -0.3 is 9.47 Å². The maximum absolute atomic E-state index is 12.0. The summed E-state index contributed by atoms with van der Waals surface area (Å²) in [4.78, 5) is 12.0. The van der Waals surface area contributed by atoms with E-state index in [0.717, 1.165) is 21.2 Å². The van der Waals surface area contributed by atoms with Crippen LogP contribution in [0.2, 0.25) is 0 Å². The molecule has 154 valence electrons. The van der Waals surface area contributed by atoms with Gasteiger partial charge in [-0.1, -0.05) is 60.7 Å². The van der Waals surface area contributed by atoms with Gasteiger partial charge in [0, 0.05) is 10.0 Å². The highest BCUT2D eigenvalue weighted by molar-refractivity contribution is 9.10. The van der Waals surface area contributed by atoms with Crippen LogP contribution in [0.25, 0.3) is 0 Å². The molecule has 0 saturated heterocycles. The molecule has 3 rings (SSSR count). The summed E-state index contributed by atoms with van der Waals surface area (Å²) in [6, 6.07) is 23.2. The maximum Gasteiger partial charge on any atom is 0.244 e. The lowest BCUT2D eigenvalue weighted by Gasteiger charge is -2.14. The van der Waals surface area contributed by atoms with Crippen LogP contribution in [0.15, 0.2) is 82.4 Å². The molecule has 0 saturated carbocycles. The minimum atomic E-state index is -0.179. The molecule has 0 aliphatic heterocycles. The van der Waals surface area contributed by atoms with E-state index in [-0.39, 0.29) is 12.3 Å². The fourth-order valence-electron chi connectivity index (χ4n) is 2.76. The van der Waals surface area contributed by atoms with E-state index in [1.807, 2.05) is 79.7 Å². The number of carbonyl (C=O) groups is 1. The summed E-state index contributed by atoms with van der Waals surface area (Å²) in [6.07, 6.45) is 1.85. The summed E-state index contributed by atoms with van der Waals surface area (Å²) in [5.74, 6) is 1.08. The molecule has 6 heteroatoms. The smallest absolute Gasteiger partial charge is 0.244 e. The Hall–Kier alpha value is -3.12. The third kappa shape index (κ3) is 6.46. The van der Waals surface area contributed by atoms with Crippen LogP contribution in [0.3, 0.4) is 0 Å². The first kappa shape index (κ1) is 21.6. The van der Waals surface area contributed by atoms with Crippen LogP contribution in [0.1, 0.15) is 23.6 Å². The second-order valence-electron chi connectivity index (χ2n) is 6.48. The molecule has 0 heterocycles. The highest BCUT2D eigenvalue weighted by atomic mass is 79.9. The fraction of sp³-hybridized carbons (Fsp3) is 0.167. The van der Waals surface area contributed by atoms with Crippen molar-refractivity contribution in [2.24, 2.45) is 5.10 Å². The van der Waals surface area contributed by atoms with Gasteiger partial charge in [0.05, 0.1) is 19.2 Å². The van der Waals surface area contributed by atoms with Gasteiger partial charge in [-0.25, -0.2) is 5.43 Å². The van der Waals surface area contributed by atoms with Crippen molar-refractivity contribution in [2.75, 3.05) is 6.61 Å². The van der Waals surface area contributed by atoms with Gasteiger partial charge in [-0.2, -0.15) is 5.10 Å². The van der Waals surface area contributed by atoms with E-state index in [2.05, 4.69) is 26.5 Å². The molecule has 1 N–H and O–H groups in total. The van der Waals surface area contributed by atoms with Gasteiger partial charge in [-0.05, 0) is 46.1 Å². The molecule has 0 fully saturated rings. The highest BCUT2D eigenvalue weighted by Crippen LogP contribution is 2.33. The fourth-order valence-corrected chi connectivity index (χ4v) is 3.19. The number of hydrogen-bond donors (Lipinski definition) is 1. The number of carbonyl (C=O) groups excluding carboxylic acids is 1. The lowest BCUT2D eigenvalue weighted by atomic mass is 10.1. The van der Waals surface area contributed by atoms with Gasteiger partial charge in [0.25, 0.3) is 0 Å². The summed E-state index contributed by atoms with van der Waals surface area (Å²) in [7, 11) is 0. The summed E-state index contributed by atoms with van der Waals surface area (Å²) >= 11 is 3.54. The Morgan fingerprint density at radius 1 is 0.967 bits per heavy atom. The van der Waals surface area contributed by atoms with Crippen molar-refractivity contribution in [3.63, 3.8) is 0 Å². The van der Waals surface area contributed by atoms with Crippen molar-refractivity contribution in [3.05, 3.63) is 94.0 Å². The maximum atomic E-state index is 12.0. The zero-order chi connectivity index (χ0) is 21.2. The van der Waals surface area contributed by atoms with Crippen LogP contribution in [-0.4, -0.2) is 18.7 Å². The minimum absolute atomic E-state index is 0.179.